The third-order valence-corrected chi connectivity index (χ3v) is 15.0. The van der Waals surface area contributed by atoms with Gasteiger partial charge in [-0.25, -0.2) is 32.3 Å². The molecule has 3 aliphatic rings. The van der Waals surface area contributed by atoms with Gasteiger partial charge in [0.2, 0.25) is 21.8 Å². The Morgan fingerprint density at radius 1 is 1.08 bits per heavy atom. The van der Waals surface area contributed by atoms with Crippen LogP contribution in [0.3, 0.4) is 0 Å². The second kappa shape index (κ2) is 19.6. The average molecular weight is 913 g/mol. The molecular formula is C44H64N8O9S2. The zero-order valence-electron chi connectivity index (χ0n) is 37.7. The number of ether oxygens (including phenoxy) is 2. The van der Waals surface area contributed by atoms with E-state index >= 15 is 0 Å². The molecule has 0 radical (unpaired) electrons. The van der Waals surface area contributed by atoms with E-state index in [4.69, 9.17) is 19.4 Å². The molecule has 1 saturated carbocycles. The number of carboxylic acid groups (broad SMARTS) is 1. The molecule has 3 aromatic rings. The first-order valence-corrected chi connectivity index (χ1v) is 24.5. The van der Waals surface area contributed by atoms with Crippen LogP contribution in [0.2, 0.25) is 0 Å². The number of urea groups is 1. The monoisotopic (exact) mass is 912 g/mol. The fraction of sp³-hybridized carbons (Fsp3) is 0.636. The number of anilines is 1. The number of aliphatic carboxylic acids is 1. The fourth-order valence-electron chi connectivity index (χ4n) is 8.45. The van der Waals surface area contributed by atoms with E-state index in [0.29, 0.717) is 53.1 Å². The number of aromatic nitrogens is 2. The van der Waals surface area contributed by atoms with Crippen molar-refractivity contribution in [3.8, 4) is 22.9 Å². The lowest BCUT2D eigenvalue weighted by Crippen LogP contribution is -2.59. The van der Waals surface area contributed by atoms with Gasteiger partial charge < -0.3 is 40.7 Å². The number of amides is 4. The van der Waals surface area contributed by atoms with Crippen LogP contribution in [0, 0.1) is 11.3 Å². The first-order valence-electron chi connectivity index (χ1n) is 22.0. The second-order valence-electron chi connectivity index (χ2n) is 18.5. The lowest BCUT2D eigenvalue weighted by atomic mass is 9.87. The highest BCUT2D eigenvalue weighted by Gasteiger charge is 2.62. The van der Waals surface area contributed by atoms with Gasteiger partial charge >= 0.3 is 12.0 Å². The van der Waals surface area contributed by atoms with Crippen molar-refractivity contribution in [2.45, 2.75) is 135 Å². The minimum absolute atomic E-state index is 0.0159. The van der Waals surface area contributed by atoms with Crippen molar-refractivity contribution >= 4 is 61.2 Å². The third-order valence-electron chi connectivity index (χ3n) is 12.4. The summed E-state index contributed by atoms with van der Waals surface area (Å²) in [5.74, 6) is -1.47. The van der Waals surface area contributed by atoms with Gasteiger partial charge in [0.1, 0.15) is 40.9 Å². The number of methoxy groups -OCH3 is 1. The SMILES string of the molecule is CCS(=O)(=O)N(C)C[C@@H](NC(=O)N[C@H]1CCCCCCCC2C[C@@]2(C(=O)O)NC(=O)[C@@H]2C[C@@H](Oc3cc(-c4csc(NC(C)C)n4)nc4cc(OC)ccc34)CN2C1=O)C(C)(C)C. The van der Waals surface area contributed by atoms with E-state index in [0.717, 1.165) is 30.8 Å². The van der Waals surface area contributed by atoms with E-state index in [1.165, 1.54) is 27.6 Å². The van der Waals surface area contributed by atoms with E-state index < -0.39 is 69.0 Å². The van der Waals surface area contributed by atoms with Gasteiger partial charge in [0.05, 0.1) is 30.6 Å². The van der Waals surface area contributed by atoms with Crippen LogP contribution in [0.4, 0.5) is 9.93 Å². The molecule has 1 aliphatic carbocycles. The van der Waals surface area contributed by atoms with Crippen LogP contribution < -0.4 is 30.7 Å². The number of benzene rings is 1. The lowest BCUT2D eigenvalue weighted by Gasteiger charge is -2.35. The number of nitrogens with one attached hydrogen (secondary N) is 4. The van der Waals surface area contributed by atoms with Crippen molar-refractivity contribution in [2.75, 3.05) is 38.3 Å². The van der Waals surface area contributed by atoms with Gasteiger partial charge in [-0.15, -0.1) is 11.3 Å². The highest BCUT2D eigenvalue weighted by atomic mass is 32.2. The highest BCUT2D eigenvalue weighted by Crippen LogP contribution is 2.48. The van der Waals surface area contributed by atoms with Crippen LogP contribution in [0.5, 0.6) is 11.5 Å². The minimum Gasteiger partial charge on any atom is -0.497 e. The molecule has 4 heterocycles. The number of likely N-dealkylation sites (N-methyl/N-ethyl adjacent to an activating group) is 1. The molecule has 4 amide bonds. The molecule has 19 heteroatoms. The van der Waals surface area contributed by atoms with Gasteiger partial charge in [0.25, 0.3) is 0 Å². The quantitative estimate of drug-likeness (QED) is 0.141. The maximum absolute atomic E-state index is 14.9. The second-order valence-corrected chi connectivity index (χ2v) is 21.7. The number of pyridine rings is 1. The first-order chi connectivity index (χ1) is 29.7. The first kappa shape index (κ1) is 47.7. The molecule has 2 aromatic heterocycles. The Balaban J connectivity index is 1.32. The third kappa shape index (κ3) is 11.3. The number of hydrogen-bond donors (Lipinski definition) is 5. The van der Waals surface area contributed by atoms with Crippen LogP contribution in [0.1, 0.15) is 99.3 Å². The number of rotatable bonds is 13. The topological polar surface area (TPSA) is 221 Å². The van der Waals surface area contributed by atoms with Crippen molar-refractivity contribution in [3.05, 3.63) is 29.6 Å². The Labute approximate surface area is 374 Å². The summed E-state index contributed by atoms with van der Waals surface area (Å²) >= 11 is 1.45. The number of carbonyl (C=O) groups is 4. The van der Waals surface area contributed by atoms with Gasteiger partial charge in [0.15, 0.2) is 5.13 Å². The Bertz CT molecular complexity index is 2260. The molecule has 6 rings (SSSR count). The van der Waals surface area contributed by atoms with Gasteiger partial charge in [-0.3, -0.25) is 9.59 Å². The number of hydrogen-bond acceptors (Lipinski definition) is 12. The Morgan fingerprint density at radius 2 is 1.79 bits per heavy atom. The maximum Gasteiger partial charge on any atom is 0.329 e. The number of sulfonamides is 1. The molecule has 346 valence electrons. The number of nitrogens with zero attached hydrogens (tertiary/aromatic N) is 4. The molecule has 1 unspecified atom stereocenters. The molecular weight excluding hydrogens is 849 g/mol. The van der Waals surface area contributed by atoms with E-state index in [1.54, 1.807) is 32.2 Å². The summed E-state index contributed by atoms with van der Waals surface area (Å²) in [4.78, 5) is 67.0. The van der Waals surface area contributed by atoms with E-state index in [9.17, 15) is 32.7 Å². The number of fused-ring (bicyclic) bond motifs is 3. The maximum atomic E-state index is 14.9. The number of carboxylic acids is 1. The molecule has 1 aromatic carbocycles. The molecule has 0 spiro atoms. The number of carbonyl (C=O) groups excluding carboxylic acids is 3. The zero-order valence-corrected chi connectivity index (χ0v) is 39.3. The van der Waals surface area contributed by atoms with Crippen LogP contribution >= 0.6 is 11.3 Å². The van der Waals surface area contributed by atoms with Crippen LogP contribution in [0.15, 0.2) is 29.6 Å². The Kier molecular flexibility index (Phi) is 14.8. The zero-order chi connectivity index (χ0) is 45.9. The predicted octanol–water partition coefficient (Wildman–Crippen LogP) is 5.60. The van der Waals surface area contributed by atoms with Crippen molar-refractivity contribution in [3.63, 3.8) is 0 Å². The standard InChI is InChI=1S/C44H64N8O9S2/c1-9-63(58,59)51(7)24-37(43(4,5)6)49-41(57)47-31-16-14-12-10-11-13-15-27-22-44(27,40(55)56)50-38(53)35-20-29(23-52(35)39(31)54)61-36-21-33(34-25-62-42(48-34)45-26(2)3)46-32-19-28(60-8)17-18-30(32)36/h17-19,21,25-27,29,31,35,37H,9-16,20,22-24H2,1-8H3,(H,45,48)(H,50,53)(H,55,56)(H2,47,49,57)/t27?,29-,31+,35+,37-,44-/m1/s1. The lowest BCUT2D eigenvalue weighted by molar-refractivity contribution is -0.145. The summed E-state index contributed by atoms with van der Waals surface area (Å²) in [6.07, 6.45) is 4.54. The van der Waals surface area contributed by atoms with E-state index in [-0.39, 0.29) is 43.6 Å². The van der Waals surface area contributed by atoms with Crippen LogP contribution in [0.25, 0.3) is 22.3 Å². The van der Waals surface area contributed by atoms with Gasteiger partial charge in [-0.05, 0) is 63.5 Å². The number of thiazole rings is 1. The summed E-state index contributed by atoms with van der Waals surface area (Å²) in [7, 11) is -0.501. The molecule has 63 heavy (non-hydrogen) atoms. The average Bonchev–Trinajstić information content (AvgIpc) is 3.49. The minimum atomic E-state index is -3.55. The van der Waals surface area contributed by atoms with Gasteiger partial charge in [-0.2, -0.15) is 0 Å². The normalized spacial score (nSPS) is 24.1. The van der Waals surface area contributed by atoms with Crippen molar-refractivity contribution in [2.24, 2.45) is 11.3 Å². The van der Waals surface area contributed by atoms with Crippen molar-refractivity contribution < 1.29 is 42.2 Å². The Morgan fingerprint density at radius 3 is 2.46 bits per heavy atom. The predicted molar refractivity (Wildman–Crippen MR) is 242 cm³/mol. The molecule has 2 saturated heterocycles. The van der Waals surface area contributed by atoms with Crippen LogP contribution in [-0.4, -0.2) is 125 Å². The molecule has 2 aliphatic heterocycles. The smallest absolute Gasteiger partial charge is 0.329 e. The Hall–Kier alpha value is -4.75. The van der Waals surface area contributed by atoms with Gasteiger partial charge in [0, 0.05) is 55.0 Å². The molecule has 0 bridgehead atoms. The summed E-state index contributed by atoms with van der Waals surface area (Å²) in [6.45, 7) is 11.3. The fourth-order valence-corrected chi connectivity index (χ4v) is 10.1. The molecule has 6 atom stereocenters. The van der Waals surface area contributed by atoms with Crippen molar-refractivity contribution in [1.82, 2.24) is 35.1 Å². The summed E-state index contributed by atoms with van der Waals surface area (Å²) < 4.78 is 38.9. The van der Waals surface area contributed by atoms with Gasteiger partial charge in [-0.1, -0.05) is 52.9 Å². The molecule has 3 fully saturated rings. The summed E-state index contributed by atoms with van der Waals surface area (Å²) in [6, 6.07) is 3.96. The largest absolute Gasteiger partial charge is 0.497 e. The molecule has 5 N–H and O–H groups in total. The van der Waals surface area contributed by atoms with E-state index in [2.05, 4.69) is 21.3 Å². The molecule has 17 nitrogen and oxygen atoms in total. The highest BCUT2D eigenvalue weighted by molar-refractivity contribution is 7.89. The summed E-state index contributed by atoms with van der Waals surface area (Å²) in [5.41, 5.74) is -0.219. The van der Waals surface area contributed by atoms with Crippen LogP contribution in [-0.2, 0) is 24.4 Å². The summed E-state index contributed by atoms with van der Waals surface area (Å²) in [5, 5.41) is 25.7. The van der Waals surface area contributed by atoms with Crippen molar-refractivity contribution in [1.29, 1.82) is 0 Å². The van der Waals surface area contributed by atoms with E-state index in [1.807, 2.05) is 46.1 Å².